The minimum atomic E-state index is -3.80. The zero-order chi connectivity index (χ0) is 15.0. The average Bonchev–Trinajstić information content (AvgIpc) is 2.42. The van der Waals surface area contributed by atoms with Gasteiger partial charge in [0.15, 0.2) is 0 Å². The Morgan fingerprint density at radius 3 is 2.76 bits per heavy atom. The number of benzene rings is 2. The molecule has 21 heavy (non-hydrogen) atoms. The Labute approximate surface area is 122 Å². The number of nitrogen functional groups attached to an aromatic ring is 1. The zero-order valence-electron chi connectivity index (χ0n) is 11.2. The summed E-state index contributed by atoms with van der Waals surface area (Å²) in [6.45, 7) is 0.287. The van der Waals surface area contributed by atoms with Gasteiger partial charge in [-0.05, 0) is 35.7 Å². The lowest BCUT2D eigenvalue weighted by Gasteiger charge is -2.30. The molecular weight excluding hydrogens is 291 g/mol. The molecule has 0 spiro atoms. The summed E-state index contributed by atoms with van der Waals surface area (Å²) in [5.74, 6) is -0.468. The highest BCUT2D eigenvalue weighted by molar-refractivity contribution is 7.89. The normalized spacial score (nSPS) is 17.1. The third-order valence-electron chi connectivity index (χ3n) is 3.75. The third kappa shape index (κ3) is 2.64. The van der Waals surface area contributed by atoms with E-state index in [1.807, 2.05) is 24.3 Å². The minimum Gasteiger partial charge on any atom is -0.398 e. The van der Waals surface area contributed by atoms with E-state index in [1.54, 1.807) is 0 Å². The fraction of sp³-hybridized carbons (Fsp3) is 0.200. The van der Waals surface area contributed by atoms with Crippen molar-refractivity contribution in [3.63, 3.8) is 0 Å². The molecule has 2 aromatic rings. The summed E-state index contributed by atoms with van der Waals surface area (Å²) >= 11 is 0. The predicted molar refractivity (Wildman–Crippen MR) is 78.9 cm³/mol. The molecular formula is C15H15FN2O2S. The number of nitrogens with two attached hydrogens (primary N) is 1. The summed E-state index contributed by atoms with van der Waals surface area (Å²) in [6.07, 6.45) is 0.845. The lowest BCUT2D eigenvalue weighted by atomic mass is 9.78. The van der Waals surface area contributed by atoms with E-state index in [9.17, 15) is 12.8 Å². The highest BCUT2D eigenvalue weighted by atomic mass is 32.2. The van der Waals surface area contributed by atoms with Crippen molar-refractivity contribution in [2.24, 2.45) is 0 Å². The molecule has 0 saturated carbocycles. The van der Waals surface area contributed by atoms with Crippen LogP contribution in [0.25, 0.3) is 0 Å². The van der Waals surface area contributed by atoms with E-state index in [4.69, 9.17) is 5.73 Å². The molecule has 1 atom stereocenters. The molecule has 0 heterocycles. The number of anilines is 1. The van der Waals surface area contributed by atoms with Crippen LogP contribution in [0, 0.1) is 5.82 Å². The van der Waals surface area contributed by atoms with Gasteiger partial charge in [-0.1, -0.05) is 24.3 Å². The van der Waals surface area contributed by atoms with E-state index in [1.165, 1.54) is 11.6 Å². The maximum absolute atomic E-state index is 13.2. The molecule has 1 aliphatic rings. The van der Waals surface area contributed by atoms with Crippen LogP contribution < -0.4 is 10.5 Å². The van der Waals surface area contributed by atoms with Gasteiger partial charge in [0, 0.05) is 12.5 Å². The van der Waals surface area contributed by atoms with Crippen molar-refractivity contribution in [1.29, 1.82) is 0 Å². The molecule has 0 aromatic heterocycles. The van der Waals surface area contributed by atoms with E-state index in [0.717, 1.165) is 24.1 Å². The summed E-state index contributed by atoms with van der Waals surface area (Å²) in [4.78, 5) is -0.213. The lowest BCUT2D eigenvalue weighted by molar-refractivity contribution is 0.550. The molecule has 0 radical (unpaired) electrons. The second kappa shape index (κ2) is 5.13. The third-order valence-corrected chi connectivity index (χ3v) is 5.23. The molecule has 110 valence electrons. The average molecular weight is 306 g/mol. The molecule has 0 fully saturated rings. The summed E-state index contributed by atoms with van der Waals surface area (Å²) in [7, 11) is -3.80. The van der Waals surface area contributed by atoms with Crippen LogP contribution in [-0.2, 0) is 16.4 Å². The predicted octanol–water partition coefficient (Wildman–Crippen LogP) is 2.03. The van der Waals surface area contributed by atoms with E-state index < -0.39 is 15.8 Å². The summed E-state index contributed by atoms with van der Waals surface area (Å²) in [5, 5.41) is 0. The Kier molecular flexibility index (Phi) is 3.43. The van der Waals surface area contributed by atoms with Gasteiger partial charge in [0.2, 0.25) is 10.0 Å². The highest BCUT2D eigenvalue weighted by Gasteiger charge is 2.27. The monoisotopic (exact) mass is 306 g/mol. The SMILES string of the molecule is Nc1ccc(F)cc1S(=O)(=O)NCC1Cc2ccccc21. The lowest BCUT2D eigenvalue weighted by Crippen LogP contribution is -2.33. The first-order chi connectivity index (χ1) is 9.97. The van der Waals surface area contributed by atoms with Crippen LogP contribution in [0.5, 0.6) is 0 Å². The minimum absolute atomic E-state index is 0.0397. The number of nitrogens with one attached hydrogen (secondary N) is 1. The van der Waals surface area contributed by atoms with Gasteiger partial charge >= 0.3 is 0 Å². The zero-order valence-corrected chi connectivity index (χ0v) is 12.0. The van der Waals surface area contributed by atoms with Gasteiger partial charge < -0.3 is 5.73 Å². The van der Waals surface area contributed by atoms with Crippen molar-refractivity contribution < 1.29 is 12.8 Å². The van der Waals surface area contributed by atoms with Crippen LogP contribution in [-0.4, -0.2) is 15.0 Å². The van der Waals surface area contributed by atoms with Gasteiger partial charge in [-0.15, -0.1) is 0 Å². The van der Waals surface area contributed by atoms with Crippen molar-refractivity contribution in [2.45, 2.75) is 17.2 Å². The Bertz CT molecular complexity index is 790. The molecule has 0 aliphatic heterocycles. The van der Waals surface area contributed by atoms with Crippen LogP contribution in [0.2, 0.25) is 0 Å². The maximum Gasteiger partial charge on any atom is 0.242 e. The smallest absolute Gasteiger partial charge is 0.242 e. The molecule has 2 aromatic carbocycles. The van der Waals surface area contributed by atoms with E-state index in [-0.39, 0.29) is 23.0 Å². The van der Waals surface area contributed by atoms with Gasteiger partial charge in [-0.2, -0.15) is 0 Å². The molecule has 1 aliphatic carbocycles. The largest absolute Gasteiger partial charge is 0.398 e. The second-order valence-corrected chi connectivity index (χ2v) is 6.87. The standard InChI is InChI=1S/C15H15FN2O2S/c16-12-5-6-14(17)15(8-12)21(19,20)18-9-11-7-10-3-1-2-4-13(10)11/h1-6,8,11,18H,7,9,17H2. The number of hydrogen-bond acceptors (Lipinski definition) is 3. The summed E-state index contributed by atoms with van der Waals surface area (Å²) in [5.41, 5.74) is 8.06. The molecule has 3 rings (SSSR count). The molecule has 6 heteroatoms. The van der Waals surface area contributed by atoms with Crippen LogP contribution in [0.15, 0.2) is 47.4 Å². The number of rotatable bonds is 4. The number of sulfonamides is 1. The molecule has 3 N–H and O–H groups in total. The van der Waals surface area contributed by atoms with Gasteiger partial charge in [-0.3, -0.25) is 0 Å². The Balaban J connectivity index is 1.75. The fourth-order valence-corrected chi connectivity index (χ4v) is 3.80. The topological polar surface area (TPSA) is 72.2 Å². The van der Waals surface area contributed by atoms with Crippen LogP contribution >= 0.6 is 0 Å². The van der Waals surface area contributed by atoms with Crippen LogP contribution in [0.1, 0.15) is 17.0 Å². The molecule has 4 nitrogen and oxygen atoms in total. The Morgan fingerprint density at radius 2 is 2.00 bits per heavy atom. The molecule has 0 saturated heterocycles. The van der Waals surface area contributed by atoms with Crippen molar-refractivity contribution >= 4 is 15.7 Å². The van der Waals surface area contributed by atoms with Gasteiger partial charge in [0.1, 0.15) is 10.7 Å². The Morgan fingerprint density at radius 1 is 1.24 bits per heavy atom. The quantitative estimate of drug-likeness (QED) is 0.849. The first-order valence-electron chi connectivity index (χ1n) is 6.60. The van der Waals surface area contributed by atoms with Gasteiger partial charge in [0.05, 0.1) is 5.69 Å². The number of halogens is 1. The first-order valence-corrected chi connectivity index (χ1v) is 8.08. The first kappa shape index (κ1) is 14.0. The van der Waals surface area contributed by atoms with Gasteiger partial charge in [0.25, 0.3) is 0 Å². The number of hydrogen-bond donors (Lipinski definition) is 2. The molecule has 1 unspecified atom stereocenters. The van der Waals surface area contributed by atoms with Crippen molar-refractivity contribution in [1.82, 2.24) is 4.72 Å². The van der Waals surface area contributed by atoms with Crippen molar-refractivity contribution in [3.8, 4) is 0 Å². The maximum atomic E-state index is 13.2. The summed E-state index contributed by atoms with van der Waals surface area (Å²) in [6, 6.07) is 11.3. The van der Waals surface area contributed by atoms with E-state index >= 15 is 0 Å². The molecule has 0 bridgehead atoms. The van der Waals surface area contributed by atoms with Crippen molar-refractivity contribution in [2.75, 3.05) is 12.3 Å². The molecule has 0 amide bonds. The van der Waals surface area contributed by atoms with Crippen LogP contribution in [0.4, 0.5) is 10.1 Å². The van der Waals surface area contributed by atoms with E-state index in [2.05, 4.69) is 4.72 Å². The summed E-state index contributed by atoms with van der Waals surface area (Å²) < 4.78 is 40.1. The fourth-order valence-electron chi connectivity index (χ4n) is 2.57. The number of fused-ring (bicyclic) bond motifs is 1. The van der Waals surface area contributed by atoms with E-state index in [0.29, 0.717) is 0 Å². The van der Waals surface area contributed by atoms with Crippen LogP contribution in [0.3, 0.4) is 0 Å². The van der Waals surface area contributed by atoms with Crippen molar-refractivity contribution in [3.05, 3.63) is 59.4 Å². The highest BCUT2D eigenvalue weighted by Crippen LogP contribution is 2.34. The Hall–Kier alpha value is -1.92. The second-order valence-electron chi connectivity index (χ2n) is 5.13. The van der Waals surface area contributed by atoms with Gasteiger partial charge in [-0.25, -0.2) is 17.5 Å².